The number of halogens is 4. The summed E-state index contributed by atoms with van der Waals surface area (Å²) in [5, 5.41) is 0. The summed E-state index contributed by atoms with van der Waals surface area (Å²) >= 11 is 3.11. The predicted octanol–water partition coefficient (Wildman–Crippen LogP) is 2.78. The molecule has 0 amide bonds. The van der Waals surface area contributed by atoms with Gasteiger partial charge in [-0.15, -0.1) is 0 Å². The minimum atomic E-state index is -4.62. The summed E-state index contributed by atoms with van der Waals surface area (Å²) in [6.07, 6.45) is -3.25. The second-order valence-electron chi connectivity index (χ2n) is 3.46. The highest BCUT2D eigenvalue weighted by Crippen LogP contribution is 2.29. The summed E-state index contributed by atoms with van der Waals surface area (Å²) in [5.41, 5.74) is -2.30. The van der Waals surface area contributed by atoms with Gasteiger partial charge in [-0.05, 0) is 19.1 Å². The highest BCUT2D eigenvalue weighted by Gasteiger charge is 2.36. The summed E-state index contributed by atoms with van der Waals surface area (Å²) in [6, 6.07) is 2.92. The summed E-state index contributed by atoms with van der Waals surface area (Å²) in [7, 11) is 0. The van der Waals surface area contributed by atoms with Gasteiger partial charge in [-0.1, -0.05) is 15.9 Å². The lowest BCUT2D eigenvalue weighted by atomic mass is 10.2. The molecule has 2 aromatic heterocycles. The molecule has 3 nitrogen and oxygen atoms in total. The van der Waals surface area contributed by atoms with Gasteiger partial charge in [-0.25, -0.2) is 4.98 Å². The van der Waals surface area contributed by atoms with Crippen LogP contribution in [0.5, 0.6) is 0 Å². The van der Waals surface area contributed by atoms with E-state index < -0.39 is 23.0 Å². The molecule has 0 atom stereocenters. The van der Waals surface area contributed by atoms with E-state index in [1.807, 2.05) is 0 Å². The van der Waals surface area contributed by atoms with Gasteiger partial charge < -0.3 is 0 Å². The van der Waals surface area contributed by atoms with Crippen LogP contribution in [0.15, 0.2) is 27.6 Å². The minimum Gasteiger partial charge on any atom is -0.269 e. The quantitative estimate of drug-likeness (QED) is 0.750. The predicted molar refractivity (Wildman–Crippen MR) is 58.9 cm³/mol. The van der Waals surface area contributed by atoms with Crippen LogP contribution in [0.2, 0.25) is 0 Å². The van der Waals surface area contributed by atoms with Crippen LogP contribution >= 0.6 is 15.9 Å². The van der Waals surface area contributed by atoms with Gasteiger partial charge in [-0.2, -0.15) is 13.2 Å². The van der Waals surface area contributed by atoms with Gasteiger partial charge in [0, 0.05) is 16.2 Å². The lowest BCUT2D eigenvalue weighted by molar-refractivity contribution is -0.141. The molecular weight excluding hydrogens is 301 g/mol. The molecule has 0 aromatic carbocycles. The molecule has 0 aliphatic rings. The Morgan fingerprint density at radius 2 is 2.06 bits per heavy atom. The van der Waals surface area contributed by atoms with Gasteiger partial charge in [0.25, 0.3) is 5.56 Å². The average molecular weight is 307 g/mol. The number of hydrogen-bond donors (Lipinski definition) is 0. The fourth-order valence-corrected chi connectivity index (χ4v) is 1.80. The van der Waals surface area contributed by atoms with Crippen LogP contribution < -0.4 is 5.56 Å². The third-order valence-electron chi connectivity index (χ3n) is 2.29. The number of nitrogens with zero attached hydrogens (tertiary/aromatic N) is 2. The Bertz CT molecular complexity index is 648. The molecule has 0 unspecified atom stereocenters. The van der Waals surface area contributed by atoms with Crippen molar-refractivity contribution in [1.29, 1.82) is 0 Å². The Kier molecular flexibility index (Phi) is 2.73. The van der Waals surface area contributed by atoms with E-state index in [4.69, 9.17) is 0 Å². The van der Waals surface area contributed by atoms with Crippen molar-refractivity contribution in [3.05, 3.63) is 44.4 Å². The van der Waals surface area contributed by atoms with Crippen LogP contribution in [0.3, 0.4) is 0 Å². The van der Waals surface area contributed by atoms with Crippen molar-refractivity contribution >= 4 is 21.6 Å². The molecule has 90 valence electrons. The number of pyridine rings is 1. The lowest BCUT2D eigenvalue weighted by Gasteiger charge is -2.10. The molecule has 0 bridgehead atoms. The monoisotopic (exact) mass is 306 g/mol. The van der Waals surface area contributed by atoms with Crippen molar-refractivity contribution in [2.45, 2.75) is 13.1 Å². The van der Waals surface area contributed by atoms with E-state index in [9.17, 15) is 18.0 Å². The molecule has 0 N–H and O–H groups in total. The Balaban J connectivity index is 2.91. The Morgan fingerprint density at radius 3 is 2.65 bits per heavy atom. The second-order valence-corrected chi connectivity index (χ2v) is 4.38. The Labute approximate surface area is 102 Å². The molecular formula is C10H6BrF3N2O. The number of hydrogen-bond acceptors (Lipinski definition) is 2. The number of fused-ring (bicyclic) bond motifs is 1. The van der Waals surface area contributed by atoms with Crippen LogP contribution in [0, 0.1) is 6.92 Å². The number of rotatable bonds is 0. The van der Waals surface area contributed by atoms with Crippen LogP contribution in [0.25, 0.3) is 5.65 Å². The largest absolute Gasteiger partial charge is 0.433 e. The van der Waals surface area contributed by atoms with Crippen molar-refractivity contribution in [1.82, 2.24) is 9.38 Å². The zero-order valence-corrected chi connectivity index (χ0v) is 10.1. The van der Waals surface area contributed by atoms with Crippen molar-refractivity contribution in [2.75, 3.05) is 0 Å². The van der Waals surface area contributed by atoms with Gasteiger partial charge in [0.05, 0.1) is 0 Å². The maximum absolute atomic E-state index is 12.6. The standard InChI is InChI=1S/C10H6BrF3N2O/c1-5-8(10(12,13)14)15-7-4-6(11)2-3-16(7)9(5)17/h2-4H,1H3. The molecule has 7 heteroatoms. The lowest BCUT2D eigenvalue weighted by Crippen LogP contribution is -2.24. The minimum absolute atomic E-state index is 0.0395. The van der Waals surface area contributed by atoms with Crippen LogP contribution in [0.4, 0.5) is 13.2 Å². The van der Waals surface area contributed by atoms with Gasteiger partial charge in [0.15, 0.2) is 5.69 Å². The molecule has 2 aromatic rings. The molecule has 0 aliphatic carbocycles. The average Bonchev–Trinajstić information content (AvgIpc) is 2.21. The van der Waals surface area contributed by atoms with E-state index in [2.05, 4.69) is 20.9 Å². The van der Waals surface area contributed by atoms with Crippen molar-refractivity contribution in [3.63, 3.8) is 0 Å². The first kappa shape index (κ1) is 12.1. The van der Waals surface area contributed by atoms with Crippen LogP contribution in [-0.2, 0) is 6.18 Å². The molecule has 0 saturated heterocycles. The van der Waals surface area contributed by atoms with E-state index in [1.54, 1.807) is 6.07 Å². The Morgan fingerprint density at radius 1 is 1.41 bits per heavy atom. The van der Waals surface area contributed by atoms with Crippen LogP contribution in [0.1, 0.15) is 11.3 Å². The summed E-state index contributed by atoms with van der Waals surface area (Å²) in [5.74, 6) is 0. The van der Waals surface area contributed by atoms with Crippen LogP contribution in [-0.4, -0.2) is 9.38 Å². The van der Waals surface area contributed by atoms with Crippen molar-refractivity contribution < 1.29 is 13.2 Å². The van der Waals surface area contributed by atoms with E-state index in [1.165, 1.54) is 12.3 Å². The van der Waals surface area contributed by atoms with Crippen molar-refractivity contribution in [3.8, 4) is 0 Å². The van der Waals surface area contributed by atoms with Gasteiger partial charge >= 0.3 is 6.18 Å². The zero-order chi connectivity index (χ0) is 12.8. The summed E-state index contributed by atoms with van der Waals surface area (Å²) in [4.78, 5) is 15.2. The first-order valence-electron chi connectivity index (χ1n) is 4.56. The van der Waals surface area contributed by atoms with Crippen molar-refractivity contribution in [2.24, 2.45) is 0 Å². The van der Waals surface area contributed by atoms with E-state index >= 15 is 0 Å². The second kappa shape index (κ2) is 3.83. The molecule has 2 rings (SSSR count). The fraction of sp³-hybridized carbons (Fsp3) is 0.200. The molecule has 0 aliphatic heterocycles. The zero-order valence-electron chi connectivity index (χ0n) is 8.55. The maximum atomic E-state index is 12.6. The third kappa shape index (κ3) is 2.06. The highest BCUT2D eigenvalue weighted by atomic mass is 79.9. The first-order chi connectivity index (χ1) is 7.80. The number of alkyl halides is 3. The molecule has 2 heterocycles. The SMILES string of the molecule is Cc1c(C(F)(F)F)nc2cc(Br)ccn2c1=O. The summed E-state index contributed by atoms with van der Waals surface area (Å²) in [6.45, 7) is 1.12. The van der Waals surface area contributed by atoms with E-state index in [-0.39, 0.29) is 5.65 Å². The van der Waals surface area contributed by atoms with E-state index in [0.29, 0.717) is 4.47 Å². The topological polar surface area (TPSA) is 34.4 Å². The Hall–Kier alpha value is -1.37. The fourth-order valence-electron chi connectivity index (χ4n) is 1.48. The highest BCUT2D eigenvalue weighted by molar-refractivity contribution is 9.10. The van der Waals surface area contributed by atoms with Gasteiger partial charge in [0.1, 0.15) is 5.65 Å². The maximum Gasteiger partial charge on any atom is 0.433 e. The van der Waals surface area contributed by atoms with E-state index in [0.717, 1.165) is 11.3 Å². The molecule has 17 heavy (non-hydrogen) atoms. The first-order valence-corrected chi connectivity index (χ1v) is 5.36. The normalized spacial score (nSPS) is 12.1. The van der Waals surface area contributed by atoms with Gasteiger partial charge in [-0.3, -0.25) is 9.20 Å². The molecule has 0 saturated carbocycles. The van der Waals surface area contributed by atoms with Gasteiger partial charge in [0.2, 0.25) is 0 Å². The molecule has 0 spiro atoms. The smallest absolute Gasteiger partial charge is 0.269 e. The number of aromatic nitrogens is 2. The third-order valence-corrected chi connectivity index (χ3v) is 2.78. The molecule has 0 fully saturated rings. The molecule has 0 radical (unpaired) electrons. The summed E-state index contributed by atoms with van der Waals surface area (Å²) < 4.78 is 39.5.